The van der Waals surface area contributed by atoms with Gasteiger partial charge in [-0.25, -0.2) is 0 Å². The zero-order valence-electron chi connectivity index (χ0n) is 11.1. The van der Waals surface area contributed by atoms with E-state index in [1.165, 1.54) is 25.1 Å². The highest BCUT2D eigenvalue weighted by molar-refractivity contribution is 5.93. The monoisotopic (exact) mass is 281 g/mol. The SMILES string of the molecule is CCOC(=O)CNc1ccc([N+](=O)[O-])cc1NC(C)=O. The fraction of sp³-hybridized carbons (Fsp3) is 0.333. The Hall–Kier alpha value is -2.64. The van der Waals surface area contributed by atoms with Crippen molar-refractivity contribution >= 4 is 28.9 Å². The average molecular weight is 281 g/mol. The van der Waals surface area contributed by atoms with Crippen molar-refractivity contribution in [3.63, 3.8) is 0 Å². The number of carbonyl (C=O) groups excluding carboxylic acids is 2. The van der Waals surface area contributed by atoms with E-state index in [9.17, 15) is 19.7 Å². The van der Waals surface area contributed by atoms with Crippen LogP contribution in [0.1, 0.15) is 13.8 Å². The average Bonchev–Trinajstić information content (AvgIpc) is 2.36. The largest absolute Gasteiger partial charge is 0.465 e. The standard InChI is InChI=1S/C12H15N3O5/c1-3-20-12(17)7-13-10-5-4-9(15(18)19)6-11(10)14-8(2)16/h4-6,13H,3,7H2,1-2H3,(H,14,16). The van der Waals surface area contributed by atoms with E-state index in [1.54, 1.807) is 6.92 Å². The van der Waals surface area contributed by atoms with Gasteiger partial charge in [-0.05, 0) is 13.0 Å². The number of non-ortho nitro benzene ring substituents is 1. The molecule has 8 nitrogen and oxygen atoms in total. The van der Waals surface area contributed by atoms with Gasteiger partial charge in [0.25, 0.3) is 5.69 Å². The molecule has 1 aromatic carbocycles. The Morgan fingerprint density at radius 3 is 2.60 bits per heavy atom. The lowest BCUT2D eigenvalue weighted by Crippen LogP contribution is -2.18. The van der Waals surface area contributed by atoms with Crippen LogP contribution in [-0.4, -0.2) is 30.0 Å². The van der Waals surface area contributed by atoms with Crippen LogP contribution in [0.2, 0.25) is 0 Å². The lowest BCUT2D eigenvalue weighted by atomic mass is 10.2. The summed E-state index contributed by atoms with van der Waals surface area (Å²) in [6.07, 6.45) is 0. The van der Waals surface area contributed by atoms with Crippen molar-refractivity contribution in [3.05, 3.63) is 28.3 Å². The molecule has 0 spiro atoms. The van der Waals surface area contributed by atoms with E-state index in [0.717, 1.165) is 0 Å². The number of esters is 1. The molecule has 1 amide bonds. The first-order valence-electron chi connectivity index (χ1n) is 5.89. The van der Waals surface area contributed by atoms with Crippen LogP contribution in [0.4, 0.5) is 17.1 Å². The van der Waals surface area contributed by atoms with Crippen LogP contribution in [0.5, 0.6) is 0 Å². The van der Waals surface area contributed by atoms with E-state index >= 15 is 0 Å². The molecule has 0 aliphatic rings. The highest BCUT2D eigenvalue weighted by Crippen LogP contribution is 2.26. The minimum Gasteiger partial charge on any atom is -0.465 e. The molecule has 1 aromatic rings. The Morgan fingerprint density at radius 1 is 1.35 bits per heavy atom. The van der Waals surface area contributed by atoms with Crippen molar-refractivity contribution in [3.8, 4) is 0 Å². The van der Waals surface area contributed by atoms with Crippen LogP contribution in [0, 0.1) is 10.1 Å². The maximum Gasteiger partial charge on any atom is 0.325 e. The second-order valence-corrected chi connectivity index (χ2v) is 3.83. The number of nitro benzene ring substituents is 1. The van der Waals surface area contributed by atoms with Gasteiger partial charge in [0.05, 0.1) is 22.9 Å². The van der Waals surface area contributed by atoms with Crippen molar-refractivity contribution in [1.29, 1.82) is 0 Å². The predicted octanol–water partition coefficient (Wildman–Crippen LogP) is 1.53. The fourth-order valence-corrected chi connectivity index (χ4v) is 1.47. The quantitative estimate of drug-likeness (QED) is 0.464. The molecule has 8 heteroatoms. The number of nitrogens with zero attached hydrogens (tertiary/aromatic N) is 1. The van der Waals surface area contributed by atoms with Crippen molar-refractivity contribution in [1.82, 2.24) is 0 Å². The highest BCUT2D eigenvalue weighted by atomic mass is 16.6. The summed E-state index contributed by atoms with van der Waals surface area (Å²) in [7, 11) is 0. The number of nitrogens with one attached hydrogen (secondary N) is 2. The molecule has 20 heavy (non-hydrogen) atoms. The topological polar surface area (TPSA) is 111 Å². The van der Waals surface area contributed by atoms with Crippen LogP contribution in [-0.2, 0) is 14.3 Å². The maximum absolute atomic E-state index is 11.2. The lowest BCUT2D eigenvalue weighted by Gasteiger charge is -2.11. The maximum atomic E-state index is 11.2. The molecule has 0 unspecified atom stereocenters. The number of hydrogen-bond donors (Lipinski definition) is 2. The first kappa shape index (κ1) is 15.4. The van der Waals surface area contributed by atoms with Gasteiger partial charge in [0.2, 0.25) is 5.91 Å². The van der Waals surface area contributed by atoms with Gasteiger partial charge in [-0.2, -0.15) is 0 Å². The second kappa shape index (κ2) is 7.07. The van der Waals surface area contributed by atoms with Crippen LogP contribution in [0.25, 0.3) is 0 Å². The first-order valence-corrected chi connectivity index (χ1v) is 5.89. The molecule has 0 fully saturated rings. The zero-order valence-corrected chi connectivity index (χ0v) is 11.1. The number of carbonyl (C=O) groups is 2. The van der Waals surface area contributed by atoms with Gasteiger partial charge in [-0.3, -0.25) is 19.7 Å². The van der Waals surface area contributed by atoms with Gasteiger partial charge < -0.3 is 15.4 Å². The minimum absolute atomic E-state index is 0.0990. The molecule has 0 aliphatic heterocycles. The highest BCUT2D eigenvalue weighted by Gasteiger charge is 2.12. The van der Waals surface area contributed by atoms with E-state index in [2.05, 4.69) is 10.6 Å². The number of hydrogen-bond acceptors (Lipinski definition) is 6. The van der Waals surface area contributed by atoms with Crippen LogP contribution in [0.15, 0.2) is 18.2 Å². The Kier molecular flexibility index (Phi) is 5.45. The Morgan fingerprint density at radius 2 is 2.05 bits per heavy atom. The van der Waals surface area contributed by atoms with Crippen LogP contribution in [0.3, 0.4) is 0 Å². The predicted molar refractivity (Wildman–Crippen MR) is 72.5 cm³/mol. The summed E-state index contributed by atoms with van der Waals surface area (Å²) in [5, 5.41) is 15.9. The molecule has 0 aliphatic carbocycles. The van der Waals surface area contributed by atoms with Gasteiger partial charge in [0.15, 0.2) is 0 Å². The third-order valence-corrected chi connectivity index (χ3v) is 2.25. The van der Waals surface area contributed by atoms with Gasteiger partial charge in [0, 0.05) is 19.1 Å². The molecule has 0 saturated carbocycles. The summed E-state index contributed by atoms with van der Waals surface area (Å²) in [5.41, 5.74) is 0.477. The third kappa shape index (κ3) is 4.56. The molecule has 0 atom stereocenters. The normalized spacial score (nSPS) is 9.70. The van der Waals surface area contributed by atoms with Gasteiger partial charge in [0.1, 0.15) is 6.54 Å². The molecule has 108 valence electrons. The third-order valence-electron chi connectivity index (χ3n) is 2.25. The molecule has 0 bridgehead atoms. The van der Waals surface area contributed by atoms with E-state index in [-0.39, 0.29) is 30.4 Å². The molecule has 0 aromatic heterocycles. The van der Waals surface area contributed by atoms with Gasteiger partial charge in [-0.1, -0.05) is 0 Å². The number of amides is 1. The molecular formula is C12H15N3O5. The summed E-state index contributed by atoms with van der Waals surface area (Å²) in [6, 6.07) is 3.91. The van der Waals surface area contributed by atoms with Gasteiger partial charge in [-0.15, -0.1) is 0 Å². The van der Waals surface area contributed by atoms with Crippen molar-refractivity contribution in [2.75, 3.05) is 23.8 Å². The number of rotatable bonds is 6. The Balaban J connectivity index is 2.90. The van der Waals surface area contributed by atoms with Crippen LogP contribution >= 0.6 is 0 Å². The zero-order chi connectivity index (χ0) is 15.1. The van der Waals surface area contributed by atoms with E-state index < -0.39 is 10.9 Å². The summed E-state index contributed by atoms with van der Waals surface area (Å²) in [5.74, 6) is -0.829. The number of nitro groups is 1. The summed E-state index contributed by atoms with van der Waals surface area (Å²) >= 11 is 0. The van der Waals surface area contributed by atoms with E-state index in [4.69, 9.17) is 4.74 Å². The van der Waals surface area contributed by atoms with E-state index in [1.807, 2.05) is 0 Å². The van der Waals surface area contributed by atoms with Crippen molar-refractivity contribution < 1.29 is 19.2 Å². The summed E-state index contributed by atoms with van der Waals surface area (Å²) < 4.78 is 4.75. The fourth-order valence-electron chi connectivity index (χ4n) is 1.47. The van der Waals surface area contributed by atoms with Crippen LogP contribution < -0.4 is 10.6 Å². The molecule has 1 rings (SSSR count). The lowest BCUT2D eigenvalue weighted by molar-refractivity contribution is -0.384. The number of ether oxygens (including phenoxy) is 1. The Bertz CT molecular complexity index is 530. The number of benzene rings is 1. The first-order chi connectivity index (χ1) is 9.43. The number of anilines is 2. The second-order valence-electron chi connectivity index (χ2n) is 3.83. The molecule has 0 heterocycles. The summed E-state index contributed by atoms with van der Waals surface area (Å²) in [6.45, 7) is 3.14. The minimum atomic E-state index is -0.569. The van der Waals surface area contributed by atoms with Crippen molar-refractivity contribution in [2.24, 2.45) is 0 Å². The molecule has 0 saturated heterocycles. The molecular weight excluding hydrogens is 266 g/mol. The van der Waals surface area contributed by atoms with E-state index in [0.29, 0.717) is 5.69 Å². The molecule has 0 radical (unpaired) electrons. The summed E-state index contributed by atoms with van der Waals surface area (Å²) in [4.78, 5) is 32.5. The Labute approximate surface area is 115 Å². The smallest absolute Gasteiger partial charge is 0.325 e. The molecule has 2 N–H and O–H groups in total. The van der Waals surface area contributed by atoms with Gasteiger partial charge >= 0.3 is 5.97 Å². The van der Waals surface area contributed by atoms with Crippen molar-refractivity contribution in [2.45, 2.75) is 13.8 Å².